The van der Waals surface area contributed by atoms with E-state index in [1.807, 2.05) is 48.5 Å². The monoisotopic (exact) mass is 399 g/mol. The highest BCUT2D eigenvalue weighted by atomic mass is 16.7. The van der Waals surface area contributed by atoms with Gasteiger partial charge in [-0.3, -0.25) is 0 Å². The first kappa shape index (κ1) is 20.8. The van der Waals surface area contributed by atoms with Crippen LogP contribution in [-0.2, 0) is 19.0 Å². The average molecular weight is 399 g/mol. The van der Waals surface area contributed by atoms with Gasteiger partial charge in [-0.1, -0.05) is 48.5 Å². The van der Waals surface area contributed by atoms with E-state index in [1.165, 1.54) is 0 Å². The molecule has 1 amide bonds. The predicted molar refractivity (Wildman–Crippen MR) is 107 cm³/mol. The lowest BCUT2D eigenvalue weighted by Crippen LogP contribution is -2.51. The van der Waals surface area contributed by atoms with Gasteiger partial charge >= 0.3 is 12.1 Å². The maximum Gasteiger partial charge on any atom is 0.408 e. The van der Waals surface area contributed by atoms with Gasteiger partial charge in [-0.05, 0) is 36.1 Å². The summed E-state index contributed by atoms with van der Waals surface area (Å²) in [6.45, 7) is 4.04. The lowest BCUT2D eigenvalue weighted by atomic mass is 9.98. The van der Waals surface area contributed by atoms with Crippen LogP contribution in [0, 0.1) is 0 Å². The molecule has 7 heteroatoms. The molecule has 0 unspecified atom stereocenters. The van der Waals surface area contributed by atoms with Gasteiger partial charge in [-0.2, -0.15) is 0 Å². The number of alkyl carbamates (subject to hydrolysis) is 1. The Bertz CT molecular complexity index is 816. The molecular formula is C22H25NO6. The molecule has 0 saturated heterocycles. The van der Waals surface area contributed by atoms with E-state index in [1.54, 1.807) is 13.8 Å². The van der Waals surface area contributed by atoms with Gasteiger partial charge in [-0.15, -0.1) is 0 Å². The minimum absolute atomic E-state index is 0.0974. The number of hydrogen-bond donors (Lipinski definition) is 2. The van der Waals surface area contributed by atoms with E-state index < -0.39 is 24.4 Å². The molecule has 7 nitrogen and oxygen atoms in total. The Kier molecular flexibility index (Phi) is 6.85. The number of carboxylic acids is 1. The number of aliphatic carboxylic acids is 1. The molecular weight excluding hydrogens is 374 g/mol. The molecule has 2 aromatic carbocycles. The topological polar surface area (TPSA) is 94.1 Å². The molecule has 29 heavy (non-hydrogen) atoms. The van der Waals surface area contributed by atoms with Crippen molar-refractivity contribution in [1.82, 2.24) is 5.32 Å². The second-order valence-corrected chi connectivity index (χ2v) is 6.56. The second kappa shape index (κ2) is 9.54. The number of rotatable bonds is 9. The molecule has 1 atom stereocenters. The summed E-state index contributed by atoms with van der Waals surface area (Å²) in [6, 6.07) is 14.6. The van der Waals surface area contributed by atoms with Gasteiger partial charge in [-0.25, -0.2) is 9.59 Å². The first-order valence-electron chi connectivity index (χ1n) is 9.64. The highest BCUT2D eigenvalue weighted by Crippen LogP contribution is 2.44. The summed E-state index contributed by atoms with van der Waals surface area (Å²) in [4.78, 5) is 23.9. The zero-order valence-electron chi connectivity index (χ0n) is 16.5. The quantitative estimate of drug-likeness (QED) is 0.628. The summed E-state index contributed by atoms with van der Waals surface area (Å²) < 4.78 is 16.0. The zero-order chi connectivity index (χ0) is 20.8. The maximum atomic E-state index is 12.3. The van der Waals surface area contributed by atoms with Gasteiger partial charge < -0.3 is 24.6 Å². The Morgan fingerprint density at radius 3 is 1.97 bits per heavy atom. The molecule has 0 radical (unpaired) electrons. The zero-order valence-corrected chi connectivity index (χ0v) is 16.5. The standard InChI is InChI=1S/C22H25NO6/c1-3-27-21(28-4-2)19(20(24)25)23-22(26)29-13-18-16-11-7-5-9-14(16)15-10-6-8-12-17(15)18/h5-12,18-19,21H,3-4,13H2,1-2H3,(H,23,26)(H,24,25)/t19-/m0/s1. The van der Waals surface area contributed by atoms with Crippen LogP contribution in [0.1, 0.15) is 30.9 Å². The van der Waals surface area contributed by atoms with Crippen LogP contribution >= 0.6 is 0 Å². The van der Waals surface area contributed by atoms with Crippen LogP contribution in [0.2, 0.25) is 0 Å². The van der Waals surface area contributed by atoms with Crippen LogP contribution in [0.25, 0.3) is 11.1 Å². The Hall–Kier alpha value is -2.90. The van der Waals surface area contributed by atoms with E-state index >= 15 is 0 Å². The lowest BCUT2D eigenvalue weighted by Gasteiger charge is -2.24. The summed E-state index contributed by atoms with van der Waals surface area (Å²) >= 11 is 0. The second-order valence-electron chi connectivity index (χ2n) is 6.56. The fraction of sp³-hybridized carbons (Fsp3) is 0.364. The molecule has 1 aliphatic carbocycles. The van der Waals surface area contributed by atoms with E-state index in [0.717, 1.165) is 22.3 Å². The van der Waals surface area contributed by atoms with Crippen LogP contribution < -0.4 is 5.32 Å². The van der Waals surface area contributed by atoms with E-state index in [2.05, 4.69) is 5.32 Å². The molecule has 0 fully saturated rings. The summed E-state index contributed by atoms with van der Waals surface area (Å²) in [5.74, 6) is -1.36. The van der Waals surface area contributed by atoms with Gasteiger partial charge in [0.1, 0.15) is 6.61 Å². The SMILES string of the molecule is CCOC(OCC)[C@@H](NC(=O)OCC1c2ccccc2-c2ccccc21)C(=O)O. The number of carboxylic acid groups (broad SMARTS) is 1. The summed E-state index contributed by atoms with van der Waals surface area (Å²) in [5.41, 5.74) is 4.40. The lowest BCUT2D eigenvalue weighted by molar-refractivity contribution is -0.174. The van der Waals surface area contributed by atoms with Crippen LogP contribution in [0.5, 0.6) is 0 Å². The normalized spacial score (nSPS) is 13.6. The number of hydrogen-bond acceptors (Lipinski definition) is 5. The predicted octanol–water partition coefficient (Wildman–Crippen LogP) is 3.38. The van der Waals surface area contributed by atoms with Crippen molar-refractivity contribution in [3.05, 3.63) is 59.7 Å². The Balaban J connectivity index is 1.69. The molecule has 0 heterocycles. The molecule has 2 N–H and O–H groups in total. The van der Waals surface area contributed by atoms with Crippen molar-refractivity contribution in [2.45, 2.75) is 32.1 Å². The van der Waals surface area contributed by atoms with E-state index in [-0.39, 0.29) is 25.7 Å². The van der Waals surface area contributed by atoms with Crippen molar-refractivity contribution in [2.75, 3.05) is 19.8 Å². The molecule has 3 rings (SSSR count). The highest BCUT2D eigenvalue weighted by molar-refractivity contribution is 5.81. The number of nitrogens with one attached hydrogen (secondary N) is 1. The minimum Gasteiger partial charge on any atom is -0.480 e. The third-order valence-electron chi connectivity index (χ3n) is 4.82. The highest BCUT2D eigenvalue weighted by Gasteiger charge is 2.33. The molecule has 1 aliphatic rings. The van der Waals surface area contributed by atoms with Gasteiger partial charge in [0.25, 0.3) is 0 Å². The number of benzene rings is 2. The number of carbonyl (C=O) groups is 2. The minimum atomic E-state index is -1.37. The molecule has 0 aromatic heterocycles. The summed E-state index contributed by atoms with van der Waals surface area (Å²) in [7, 11) is 0. The van der Waals surface area contributed by atoms with E-state index in [0.29, 0.717) is 0 Å². The van der Waals surface area contributed by atoms with Gasteiger partial charge in [0, 0.05) is 19.1 Å². The third kappa shape index (κ3) is 4.58. The molecule has 0 bridgehead atoms. The maximum absolute atomic E-state index is 12.3. The molecule has 154 valence electrons. The molecule has 0 spiro atoms. The van der Waals surface area contributed by atoms with Crippen molar-refractivity contribution >= 4 is 12.1 Å². The van der Waals surface area contributed by atoms with Crippen LogP contribution in [0.3, 0.4) is 0 Å². The Morgan fingerprint density at radius 1 is 0.966 bits per heavy atom. The van der Waals surface area contributed by atoms with E-state index in [4.69, 9.17) is 14.2 Å². The number of carbonyl (C=O) groups excluding carboxylic acids is 1. The van der Waals surface area contributed by atoms with Crippen molar-refractivity contribution in [3.8, 4) is 11.1 Å². The summed E-state index contributed by atoms with van der Waals surface area (Å²) in [6.07, 6.45) is -1.92. The van der Waals surface area contributed by atoms with Crippen molar-refractivity contribution < 1.29 is 28.9 Å². The van der Waals surface area contributed by atoms with Gasteiger partial charge in [0.15, 0.2) is 12.3 Å². The largest absolute Gasteiger partial charge is 0.480 e. The smallest absolute Gasteiger partial charge is 0.408 e. The summed E-state index contributed by atoms with van der Waals surface area (Å²) in [5, 5.41) is 11.8. The van der Waals surface area contributed by atoms with Crippen molar-refractivity contribution in [3.63, 3.8) is 0 Å². The van der Waals surface area contributed by atoms with Crippen molar-refractivity contribution in [2.24, 2.45) is 0 Å². The van der Waals surface area contributed by atoms with Gasteiger partial charge in [0.05, 0.1) is 0 Å². The Labute approximate surface area is 169 Å². The Morgan fingerprint density at radius 2 is 1.48 bits per heavy atom. The molecule has 0 saturated carbocycles. The first-order valence-corrected chi connectivity index (χ1v) is 9.64. The molecule has 2 aromatic rings. The first-order chi connectivity index (χ1) is 14.1. The van der Waals surface area contributed by atoms with E-state index in [9.17, 15) is 14.7 Å². The number of fused-ring (bicyclic) bond motifs is 3. The van der Waals surface area contributed by atoms with Crippen LogP contribution in [0.4, 0.5) is 4.79 Å². The number of ether oxygens (including phenoxy) is 3. The number of amides is 1. The van der Waals surface area contributed by atoms with Gasteiger partial charge in [0.2, 0.25) is 0 Å². The molecule has 0 aliphatic heterocycles. The average Bonchev–Trinajstić information content (AvgIpc) is 3.04. The van der Waals surface area contributed by atoms with Crippen LogP contribution in [0.15, 0.2) is 48.5 Å². The fourth-order valence-corrected chi connectivity index (χ4v) is 3.58. The fourth-order valence-electron chi connectivity index (χ4n) is 3.58. The van der Waals surface area contributed by atoms with Crippen LogP contribution in [-0.4, -0.2) is 49.3 Å². The third-order valence-corrected chi connectivity index (χ3v) is 4.82. The van der Waals surface area contributed by atoms with Crippen molar-refractivity contribution in [1.29, 1.82) is 0 Å².